The summed E-state index contributed by atoms with van der Waals surface area (Å²) in [4.78, 5) is 11.1. The van der Waals surface area contributed by atoms with Gasteiger partial charge >= 0.3 is 0 Å². The molecule has 1 aromatic heterocycles. The zero-order valence-corrected chi connectivity index (χ0v) is 11.9. The van der Waals surface area contributed by atoms with E-state index >= 15 is 0 Å². The summed E-state index contributed by atoms with van der Waals surface area (Å²) in [6.45, 7) is 9.14. The van der Waals surface area contributed by atoms with Gasteiger partial charge in [0.15, 0.2) is 0 Å². The molecule has 18 heavy (non-hydrogen) atoms. The molecule has 1 aromatic rings. The van der Waals surface area contributed by atoms with Crippen LogP contribution in [0.15, 0.2) is 18.5 Å². The van der Waals surface area contributed by atoms with Crippen molar-refractivity contribution in [3.05, 3.63) is 24.3 Å². The Hall–Kier alpha value is -1.00. The molecule has 0 bridgehead atoms. The second-order valence-corrected chi connectivity index (χ2v) is 4.72. The van der Waals surface area contributed by atoms with Crippen LogP contribution in [0, 0.1) is 0 Å². The molecule has 4 nitrogen and oxygen atoms in total. The lowest BCUT2D eigenvalue weighted by Gasteiger charge is -2.42. The Morgan fingerprint density at radius 3 is 2.22 bits per heavy atom. The van der Waals surface area contributed by atoms with Crippen LogP contribution in [0.1, 0.15) is 45.9 Å². The third kappa shape index (κ3) is 3.50. The summed E-state index contributed by atoms with van der Waals surface area (Å²) >= 11 is 0. The first-order valence-corrected chi connectivity index (χ1v) is 6.93. The fourth-order valence-corrected chi connectivity index (χ4v) is 2.45. The largest absolute Gasteiger partial charge is 0.329 e. The Bertz CT molecular complexity index is 314. The molecule has 0 fully saturated rings. The van der Waals surface area contributed by atoms with Gasteiger partial charge in [-0.3, -0.25) is 4.90 Å². The molecule has 0 aliphatic rings. The SMILES string of the molecule is CCCN(Cc1ncccn1)C(CC)(CC)CN. The van der Waals surface area contributed by atoms with Gasteiger partial charge in [-0.05, 0) is 31.9 Å². The maximum absolute atomic E-state index is 6.03. The lowest BCUT2D eigenvalue weighted by molar-refractivity contribution is 0.0738. The minimum Gasteiger partial charge on any atom is -0.329 e. The highest BCUT2D eigenvalue weighted by molar-refractivity contribution is 4.95. The van der Waals surface area contributed by atoms with Gasteiger partial charge in [-0.2, -0.15) is 0 Å². The third-order valence-electron chi connectivity index (χ3n) is 3.81. The Morgan fingerprint density at radius 2 is 1.78 bits per heavy atom. The molecule has 4 heteroatoms. The lowest BCUT2D eigenvalue weighted by Crippen LogP contribution is -2.53. The van der Waals surface area contributed by atoms with Crippen molar-refractivity contribution in [1.82, 2.24) is 14.9 Å². The summed E-state index contributed by atoms with van der Waals surface area (Å²) in [6, 6.07) is 1.85. The summed E-state index contributed by atoms with van der Waals surface area (Å²) < 4.78 is 0. The Morgan fingerprint density at radius 1 is 1.17 bits per heavy atom. The average molecular weight is 250 g/mol. The first-order valence-electron chi connectivity index (χ1n) is 6.93. The van der Waals surface area contributed by atoms with Crippen LogP contribution < -0.4 is 5.73 Å². The topological polar surface area (TPSA) is 55.0 Å². The molecule has 0 saturated heterocycles. The van der Waals surface area contributed by atoms with E-state index in [1.165, 1.54) is 0 Å². The maximum Gasteiger partial charge on any atom is 0.142 e. The van der Waals surface area contributed by atoms with Crippen LogP contribution >= 0.6 is 0 Å². The molecule has 0 aliphatic carbocycles. The van der Waals surface area contributed by atoms with E-state index in [9.17, 15) is 0 Å². The zero-order chi connectivity index (χ0) is 13.4. The van der Waals surface area contributed by atoms with Gasteiger partial charge in [0.1, 0.15) is 5.82 Å². The molecule has 0 spiro atoms. The Labute approximate surface area is 111 Å². The predicted molar refractivity (Wildman–Crippen MR) is 75.1 cm³/mol. The average Bonchev–Trinajstić information content (AvgIpc) is 2.43. The van der Waals surface area contributed by atoms with Crippen molar-refractivity contribution in [3.8, 4) is 0 Å². The number of nitrogens with two attached hydrogens (primary N) is 1. The predicted octanol–water partition coefficient (Wildman–Crippen LogP) is 2.21. The highest BCUT2D eigenvalue weighted by Gasteiger charge is 2.31. The quantitative estimate of drug-likeness (QED) is 0.768. The van der Waals surface area contributed by atoms with Crippen LogP contribution in [0.2, 0.25) is 0 Å². The van der Waals surface area contributed by atoms with Gasteiger partial charge in [-0.25, -0.2) is 9.97 Å². The van der Waals surface area contributed by atoms with E-state index in [0.717, 1.165) is 38.2 Å². The molecule has 1 heterocycles. The van der Waals surface area contributed by atoms with Crippen LogP contribution in [0.4, 0.5) is 0 Å². The molecular formula is C14H26N4. The molecule has 0 unspecified atom stereocenters. The molecule has 0 radical (unpaired) electrons. The number of hydrogen-bond acceptors (Lipinski definition) is 4. The van der Waals surface area contributed by atoms with Crippen LogP contribution in [0.5, 0.6) is 0 Å². The van der Waals surface area contributed by atoms with E-state index in [1.54, 1.807) is 12.4 Å². The summed E-state index contributed by atoms with van der Waals surface area (Å²) in [6.07, 6.45) is 6.84. The molecular weight excluding hydrogens is 224 g/mol. The second kappa shape index (κ2) is 7.44. The van der Waals surface area contributed by atoms with Crippen LogP contribution in [-0.2, 0) is 6.54 Å². The first-order chi connectivity index (χ1) is 8.72. The first kappa shape index (κ1) is 15.1. The van der Waals surface area contributed by atoms with Crippen LogP contribution in [-0.4, -0.2) is 33.5 Å². The molecule has 0 aliphatic heterocycles. The van der Waals surface area contributed by atoms with E-state index in [2.05, 4.69) is 35.6 Å². The second-order valence-electron chi connectivity index (χ2n) is 4.72. The lowest BCUT2D eigenvalue weighted by atomic mass is 9.90. The Balaban J connectivity index is 2.87. The minimum absolute atomic E-state index is 0.0786. The minimum atomic E-state index is 0.0786. The maximum atomic E-state index is 6.03. The molecule has 0 atom stereocenters. The van der Waals surface area contributed by atoms with E-state index in [1.807, 2.05) is 6.07 Å². The normalized spacial score (nSPS) is 12.1. The van der Waals surface area contributed by atoms with Crippen molar-refractivity contribution in [2.75, 3.05) is 13.1 Å². The summed E-state index contributed by atoms with van der Waals surface area (Å²) in [5.74, 6) is 0.880. The molecule has 0 amide bonds. The molecule has 102 valence electrons. The zero-order valence-electron chi connectivity index (χ0n) is 11.9. The van der Waals surface area contributed by atoms with Gasteiger partial charge in [0, 0.05) is 24.5 Å². The van der Waals surface area contributed by atoms with Crippen molar-refractivity contribution < 1.29 is 0 Å². The van der Waals surface area contributed by atoms with E-state index in [0.29, 0.717) is 6.54 Å². The van der Waals surface area contributed by atoms with Crippen molar-refractivity contribution in [2.24, 2.45) is 5.73 Å². The molecule has 1 rings (SSSR count). The smallest absolute Gasteiger partial charge is 0.142 e. The van der Waals surface area contributed by atoms with E-state index in [-0.39, 0.29) is 5.54 Å². The van der Waals surface area contributed by atoms with Gasteiger partial charge in [-0.1, -0.05) is 20.8 Å². The van der Waals surface area contributed by atoms with Gasteiger partial charge in [0.2, 0.25) is 0 Å². The summed E-state index contributed by atoms with van der Waals surface area (Å²) in [5.41, 5.74) is 6.11. The van der Waals surface area contributed by atoms with Crippen molar-refractivity contribution in [3.63, 3.8) is 0 Å². The van der Waals surface area contributed by atoms with E-state index in [4.69, 9.17) is 5.73 Å². The van der Waals surface area contributed by atoms with Gasteiger partial charge in [0.25, 0.3) is 0 Å². The highest BCUT2D eigenvalue weighted by atomic mass is 15.2. The number of nitrogens with zero attached hydrogens (tertiary/aromatic N) is 3. The third-order valence-corrected chi connectivity index (χ3v) is 3.81. The van der Waals surface area contributed by atoms with Crippen LogP contribution in [0.25, 0.3) is 0 Å². The summed E-state index contributed by atoms with van der Waals surface area (Å²) in [5, 5.41) is 0. The van der Waals surface area contributed by atoms with Crippen molar-refractivity contribution in [2.45, 2.75) is 52.1 Å². The Kier molecular flexibility index (Phi) is 6.22. The standard InChI is InChI=1S/C14H26N4/c1-4-10-18(14(5-2,6-3)12-15)11-13-16-8-7-9-17-13/h7-9H,4-6,10-12,15H2,1-3H3. The fourth-order valence-electron chi connectivity index (χ4n) is 2.45. The van der Waals surface area contributed by atoms with Crippen LogP contribution in [0.3, 0.4) is 0 Å². The number of rotatable bonds is 8. The van der Waals surface area contributed by atoms with Gasteiger partial charge in [0.05, 0.1) is 6.54 Å². The highest BCUT2D eigenvalue weighted by Crippen LogP contribution is 2.24. The van der Waals surface area contributed by atoms with Crippen molar-refractivity contribution in [1.29, 1.82) is 0 Å². The van der Waals surface area contributed by atoms with Gasteiger partial charge < -0.3 is 5.73 Å². The van der Waals surface area contributed by atoms with E-state index < -0.39 is 0 Å². The number of hydrogen-bond donors (Lipinski definition) is 1. The molecule has 0 saturated carbocycles. The fraction of sp³-hybridized carbons (Fsp3) is 0.714. The monoisotopic (exact) mass is 250 g/mol. The molecule has 2 N–H and O–H groups in total. The summed E-state index contributed by atoms with van der Waals surface area (Å²) in [7, 11) is 0. The van der Waals surface area contributed by atoms with Gasteiger partial charge in [-0.15, -0.1) is 0 Å². The van der Waals surface area contributed by atoms with Crippen molar-refractivity contribution >= 4 is 0 Å². The molecule has 0 aromatic carbocycles. The number of aromatic nitrogens is 2.